The van der Waals surface area contributed by atoms with Crippen molar-refractivity contribution in [2.45, 2.75) is 24.3 Å². The number of halogens is 2. The van der Waals surface area contributed by atoms with E-state index in [1.54, 1.807) is 0 Å². The molecule has 0 fully saturated rings. The molecule has 0 heterocycles. The molecule has 0 bridgehead atoms. The second kappa shape index (κ2) is 8.14. The molecule has 4 nitrogen and oxygen atoms in total. The number of carbonyl (C=O) groups excluding carboxylic acids is 1. The number of hydrogen-bond donors (Lipinski definition) is 1. The lowest BCUT2D eigenvalue weighted by atomic mass is 10.1. The predicted molar refractivity (Wildman–Crippen MR) is 98.8 cm³/mol. The Bertz CT molecular complexity index is 805. The van der Waals surface area contributed by atoms with Crippen LogP contribution < -0.4 is 5.32 Å². The SMILES string of the molecule is CC(NC(=O)CCS(=O)(=O)c1ccc(Cl)cc1)c1ccc(Br)cc1. The van der Waals surface area contributed by atoms with Crippen LogP contribution in [0.1, 0.15) is 24.9 Å². The molecule has 24 heavy (non-hydrogen) atoms. The van der Waals surface area contributed by atoms with E-state index in [0.717, 1.165) is 10.0 Å². The number of nitrogens with one attached hydrogen (secondary N) is 1. The number of sulfone groups is 1. The highest BCUT2D eigenvalue weighted by Crippen LogP contribution is 2.18. The molecule has 2 aromatic rings. The van der Waals surface area contributed by atoms with Gasteiger partial charge < -0.3 is 5.32 Å². The van der Waals surface area contributed by atoms with Crippen LogP contribution in [0.4, 0.5) is 0 Å². The first-order valence-electron chi connectivity index (χ1n) is 7.31. The summed E-state index contributed by atoms with van der Waals surface area (Å²) in [5, 5.41) is 3.28. The lowest BCUT2D eigenvalue weighted by Crippen LogP contribution is -2.28. The van der Waals surface area contributed by atoms with E-state index < -0.39 is 9.84 Å². The lowest BCUT2D eigenvalue weighted by Gasteiger charge is -2.14. The number of benzene rings is 2. The van der Waals surface area contributed by atoms with Gasteiger partial charge in [-0.3, -0.25) is 4.79 Å². The van der Waals surface area contributed by atoms with Gasteiger partial charge in [0.15, 0.2) is 9.84 Å². The molecule has 0 aliphatic heterocycles. The van der Waals surface area contributed by atoms with Crippen LogP contribution in [0, 0.1) is 0 Å². The van der Waals surface area contributed by atoms with Crippen LogP contribution in [0.5, 0.6) is 0 Å². The Morgan fingerprint density at radius 3 is 2.29 bits per heavy atom. The fourth-order valence-corrected chi connectivity index (χ4v) is 3.77. The molecule has 2 aromatic carbocycles. The average Bonchev–Trinajstić information content (AvgIpc) is 2.54. The third-order valence-corrected chi connectivity index (χ3v) is 6.03. The molecule has 7 heteroatoms. The van der Waals surface area contributed by atoms with Crippen molar-refractivity contribution in [3.05, 3.63) is 63.6 Å². The highest BCUT2D eigenvalue weighted by Gasteiger charge is 2.17. The van der Waals surface area contributed by atoms with Gasteiger partial charge in [0.05, 0.1) is 16.7 Å². The first-order chi connectivity index (χ1) is 11.3. The normalized spacial score (nSPS) is 12.6. The van der Waals surface area contributed by atoms with Gasteiger partial charge in [0, 0.05) is 15.9 Å². The van der Waals surface area contributed by atoms with Crippen molar-refractivity contribution >= 4 is 43.3 Å². The molecule has 0 saturated carbocycles. The van der Waals surface area contributed by atoms with Gasteiger partial charge in [-0.25, -0.2) is 8.42 Å². The van der Waals surface area contributed by atoms with Crippen LogP contribution in [0.15, 0.2) is 57.9 Å². The van der Waals surface area contributed by atoms with Gasteiger partial charge in [0.25, 0.3) is 0 Å². The summed E-state index contributed by atoms with van der Waals surface area (Å²) in [5.74, 6) is -0.545. The second-order valence-electron chi connectivity index (χ2n) is 5.36. The second-order valence-corrected chi connectivity index (χ2v) is 8.82. The Kier molecular flexibility index (Phi) is 6.43. The molecule has 1 unspecified atom stereocenters. The number of hydrogen-bond acceptors (Lipinski definition) is 3. The van der Waals surface area contributed by atoms with Crippen LogP contribution >= 0.6 is 27.5 Å². The molecule has 1 N–H and O–H groups in total. The predicted octanol–water partition coefficient (Wildman–Crippen LogP) is 4.14. The zero-order valence-electron chi connectivity index (χ0n) is 13.0. The topological polar surface area (TPSA) is 63.2 Å². The molecule has 128 valence electrons. The third-order valence-electron chi connectivity index (χ3n) is 3.52. The van der Waals surface area contributed by atoms with Crippen molar-refractivity contribution in [2.75, 3.05) is 5.75 Å². The number of carbonyl (C=O) groups is 1. The highest BCUT2D eigenvalue weighted by molar-refractivity contribution is 9.10. The molecular formula is C17H17BrClNO3S. The zero-order valence-corrected chi connectivity index (χ0v) is 16.2. The van der Waals surface area contributed by atoms with Crippen molar-refractivity contribution in [2.24, 2.45) is 0 Å². The van der Waals surface area contributed by atoms with Crippen LogP contribution in [-0.4, -0.2) is 20.1 Å². The maximum atomic E-state index is 12.2. The minimum atomic E-state index is -3.50. The zero-order chi connectivity index (χ0) is 17.7. The van der Waals surface area contributed by atoms with E-state index in [4.69, 9.17) is 11.6 Å². The molecule has 0 saturated heterocycles. The van der Waals surface area contributed by atoms with Gasteiger partial charge in [-0.1, -0.05) is 39.7 Å². The largest absolute Gasteiger partial charge is 0.350 e. The van der Waals surface area contributed by atoms with E-state index in [0.29, 0.717) is 5.02 Å². The fourth-order valence-electron chi connectivity index (χ4n) is 2.14. The summed E-state index contributed by atoms with van der Waals surface area (Å²) in [7, 11) is -3.50. The van der Waals surface area contributed by atoms with Crippen molar-refractivity contribution < 1.29 is 13.2 Å². The summed E-state index contributed by atoms with van der Waals surface area (Å²) < 4.78 is 25.4. The Hall–Kier alpha value is -1.37. The first-order valence-corrected chi connectivity index (χ1v) is 10.1. The minimum absolute atomic E-state index is 0.0914. The van der Waals surface area contributed by atoms with Crippen LogP contribution in [0.2, 0.25) is 5.02 Å². The summed E-state index contributed by atoms with van der Waals surface area (Å²) in [5.41, 5.74) is 0.951. The summed E-state index contributed by atoms with van der Waals surface area (Å²) in [6, 6.07) is 13.3. The molecule has 2 rings (SSSR count). The van der Waals surface area contributed by atoms with Crippen LogP contribution in [0.3, 0.4) is 0 Å². The van der Waals surface area contributed by atoms with E-state index in [1.807, 2.05) is 31.2 Å². The monoisotopic (exact) mass is 429 g/mol. The average molecular weight is 431 g/mol. The molecule has 0 aliphatic rings. The summed E-state index contributed by atoms with van der Waals surface area (Å²) >= 11 is 9.11. The quantitative estimate of drug-likeness (QED) is 0.749. The van der Waals surface area contributed by atoms with E-state index in [2.05, 4.69) is 21.2 Å². The number of amides is 1. The maximum Gasteiger partial charge on any atom is 0.221 e. The Labute approximate surface area is 155 Å². The highest BCUT2D eigenvalue weighted by atomic mass is 79.9. The van der Waals surface area contributed by atoms with Crippen molar-refractivity contribution in [1.29, 1.82) is 0 Å². The van der Waals surface area contributed by atoms with E-state index in [-0.39, 0.29) is 29.0 Å². The van der Waals surface area contributed by atoms with Gasteiger partial charge in [-0.15, -0.1) is 0 Å². The molecule has 1 amide bonds. The van der Waals surface area contributed by atoms with Gasteiger partial charge in [-0.05, 0) is 48.9 Å². The minimum Gasteiger partial charge on any atom is -0.350 e. The Balaban J connectivity index is 1.92. The number of rotatable bonds is 6. The van der Waals surface area contributed by atoms with Crippen LogP contribution in [0.25, 0.3) is 0 Å². The molecule has 0 radical (unpaired) electrons. The van der Waals surface area contributed by atoms with E-state index in [1.165, 1.54) is 24.3 Å². The smallest absolute Gasteiger partial charge is 0.221 e. The van der Waals surface area contributed by atoms with Crippen molar-refractivity contribution in [3.8, 4) is 0 Å². The van der Waals surface area contributed by atoms with Crippen molar-refractivity contribution in [1.82, 2.24) is 5.32 Å². The Morgan fingerprint density at radius 1 is 1.12 bits per heavy atom. The molecule has 0 spiro atoms. The fraction of sp³-hybridized carbons (Fsp3) is 0.235. The summed E-state index contributed by atoms with van der Waals surface area (Å²) in [6.07, 6.45) is -0.0914. The summed E-state index contributed by atoms with van der Waals surface area (Å²) in [4.78, 5) is 12.2. The van der Waals surface area contributed by atoms with E-state index >= 15 is 0 Å². The molecule has 0 aromatic heterocycles. The van der Waals surface area contributed by atoms with Crippen molar-refractivity contribution in [3.63, 3.8) is 0 Å². The van der Waals surface area contributed by atoms with E-state index in [9.17, 15) is 13.2 Å². The maximum absolute atomic E-state index is 12.2. The Morgan fingerprint density at radius 2 is 1.71 bits per heavy atom. The van der Waals surface area contributed by atoms with Gasteiger partial charge in [0.2, 0.25) is 5.91 Å². The van der Waals surface area contributed by atoms with Gasteiger partial charge >= 0.3 is 0 Å². The van der Waals surface area contributed by atoms with Crippen LogP contribution in [-0.2, 0) is 14.6 Å². The molecule has 0 aliphatic carbocycles. The standard InChI is InChI=1S/C17H17BrClNO3S/c1-12(13-2-4-14(18)5-3-13)20-17(21)10-11-24(22,23)16-8-6-15(19)7-9-16/h2-9,12H,10-11H2,1H3,(H,20,21). The van der Waals surface area contributed by atoms with Gasteiger partial charge in [-0.2, -0.15) is 0 Å². The van der Waals surface area contributed by atoms with Gasteiger partial charge in [0.1, 0.15) is 0 Å². The third kappa shape index (κ3) is 5.33. The first kappa shape index (κ1) is 19.0. The summed E-state index contributed by atoms with van der Waals surface area (Å²) in [6.45, 7) is 1.86. The lowest BCUT2D eigenvalue weighted by molar-refractivity contribution is -0.121. The molecular weight excluding hydrogens is 414 g/mol. The molecule has 1 atom stereocenters.